The van der Waals surface area contributed by atoms with Crippen molar-refractivity contribution in [3.05, 3.63) is 23.9 Å². The van der Waals surface area contributed by atoms with Crippen LogP contribution in [0.25, 0.3) is 11.5 Å². The Hall–Kier alpha value is -2.11. The first kappa shape index (κ1) is 12.0. The molecule has 0 bridgehead atoms. The molecule has 0 aromatic carbocycles. The number of aromatic nitrogens is 5. The Kier molecular flexibility index (Phi) is 3.06. The molecule has 2 N–H and O–H groups in total. The van der Waals surface area contributed by atoms with Crippen LogP contribution in [0.4, 0.5) is 5.95 Å². The lowest BCUT2D eigenvalue weighted by molar-refractivity contribution is 0.664. The highest BCUT2D eigenvalue weighted by Gasteiger charge is 2.21. The Morgan fingerprint density at radius 1 is 1.11 bits per heavy atom. The van der Waals surface area contributed by atoms with E-state index >= 15 is 0 Å². The number of nitrogens with zero attached hydrogens (tertiary/aromatic N) is 5. The molecule has 2 aromatic heterocycles. The second-order valence-corrected chi connectivity index (χ2v) is 4.85. The van der Waals surface area contributed by atoms with Gasteiger partial charge in [-0.2, -0.15) is 9.97 Å². The van der Waals surface area contributed by atoms with Crippen LogP contribution in [0.5, 0.6) is 0 Å². The van der Waals surface area contributed by atoms with Crippen LogP contribution in [-0.4, -0.2) is 24.9 Å². The summed E-state index contributed by atoms with van der Waals surface area (Å²) in [6.07, 6.45) is 6.43. The Morgan fingerprint density at radius 3 is 2.63 bits per heavy atom. The molecular weight excluding hydrogens is 240 g/mol. The largest absolute Gasteiger partial charge is 0.368 e. The molecular formula is C13H16N6. The highest BCUT2D eigenvalue weighted by atomic mass is 15.1. The van der Waals surface area contributed by atoms with Crippen LogP contribution in [0, 0.1) is 6.92 Å². The molecule has 3 rings (SSSR count). The lowest BCUT2D eigenvalue weighted by Gasteiger charge is -2.09. The van der Waals surface area contributed by atoms with Crippen molar-refractivity contribution >= 4 is 5.95 Å². The SMILES string of the molecule is Cc1nccc(-c2nc(N)nc(C3CCCC3)n2)n1. The third kappa shape index (κ3) is 2.52. The summed E-state index contributed by atoms with van der Waals surface area (Å²) in [6, 6.07) is 1.79. The zero-order valence-electron chi connectivity index (χ0n) is 10.9. The van der Waals surface area contributed by atoms with E-state index < -0.39 is 0 Å². The molecule has 0 amide bonds. The van der Waals surface area contributed by atoms with Crippen molar-refractivity contribution in [1.82, 2.24) is 24.9 Å². The lowest BCUT2D eigenvalue weighted by atomic mass is 10.1. The summed E-state index contributed by atoms with van der Waals surface area (Å²) < 4.78 is 0. The molecule has 1 saturated carbocycles. The van der Waals surface area contributed by atoms with Gasteiger partial charge < -0.3 is 5.73 Å². The van der Waals surface area contributed by atoms with Crippen molar-refractivity contribution in [1.29, 1.82) is 0 Å². The Bertz CT molecular complexity index is 591. The Labute approximate surface area is 111 Å². The van der Waals surface area contributed by atoms with Crippen LogP contribution in [0.2, 0.25) is 0 Å². The van der Waals surface area contributed by atoms with Crippen molar-refractivity contribution in [2.45, 2.75) is 38.5 Å². The summed E-state index contributed by atoms with van der Waals surface area (Å²) >= 11 is 0. The maximum atomic E-state index is 5.80. The molecule has 0 aliphatic heterocycles. The zero-order chi connectivity index (χ0) is 13.2. The number of hydrogen-bond donors (Lipinski definition) is 1. The van der Waals surface area contributed by atoms with Gasteiger partial charge in [-0.05, 0) is 25.8 Å². The number of anilines is 1. The van der Waals surface area contributed by atoms with Gasteiger partial charge in [-0.1, -0.05) is 12.8 Å². The molecule has 2 aromatic rings. The molecule has 0 spiro atoms. The van der Waals surface area contributed by atoms with Crippen LogP contribution in [0.15, 0.2) is 12.3 Å². The predicted octanol–water partition coefficient (Wildman–Crippen LogP) is 1.88. The summed E-state index contributed by atoms with van der Waals surface area (Å²) in [5.74, 6) is 2.71. The quantitative estimate of drug-likeness (QED) is 0.882. The average Bonchev–Trinajstić information content (AvgIpc) is 2.92. The van der Waals surface area contributed by atoms with Gasteiger partial charge in [0, 0.05) is 12.1 Å². The van der Waals surface area contributed by atoms with Crippen LogP contribution >= 0.6 is 0 Å². The smallest absolute Gasteiger partial charge is 0.223 e. The molecule has 0 atom stereocenters. The third-order valence-electron chi connectivity index (χ3n) is 3.40. The monoisotopic (exact) mass is 256 g/mol. The van der Waals surface area contributed by atoms with Gasteiger partial charge in [-0.3, -0.25) is 0 Å². The number of nitrogen functional groups attached to an aromatic ring is 1. The summed E-state index contributed by atoms with van der Waals surface area (Å²) in [5, 5.41) is 0. The minimum Gasteiger partial charge on any atom is -0.368 e. The topological polar surface area (TPSA) is 90.5 Å². The van der Waals surface area contributed by atoms with Gasteiger partial charge in [0.1, 0.15) is 17.3 Å². The second-order valence-electron chi connectivity index (χ2n) is 4.85. The normalized spacial score (nSPS) is 15.8. The van der Waals surface area contributed by atoms with E-state index in [0.717, 1.165) is 18.7 Å². The van der Waals surface area contributed by atoms with Crippen LogP contribution in [0.1, 0.15) is 43.3 Å². The highest BCUT2D eigenvalue weighted by Crippen LogP contribution is 2.32. The first-order chi connectivity index (χ1) is 9.22. The van der Waals surface area contributed by atoms with E-state index in [2.05, 4.69) is 24.9 Å². The van der Waals surface area contributed by atoms with Gasteiger partial charge in [0.05, 0.1) is 0 Å². The van der Waals surface area contributed by atoms with E-state index in [9.17, 15) is 0 Å². The minimum atomic E-state index is 0.267. The Morgan fingerprint density at radius 2 is 1.89 bits per heavy atom. The second kappa shape index (κ2) is 4.87. The highest BCUT2D eigenvalue weighted by molar-refractivity contribution is 5.49. The van der Waals surface area contributed by atoms with Crippen LogP contribution in [0.3, 0.4) is 0 Å². The van der Waals surface area contributed by atoms with Gasteiger partial charge in [-0.25, -0.2) is 15.0 Å². The number of nitrogens with two attached hydrogens (primary N) is 1. The number of aryl methyl sites for hydroxylation is 1. The van der Waals surface area contributed by atoms with Gasteiger partial charge >= 0.3 is 0 Å². The van der Waals surface area contributed by atoms with E-state index in [1.165, 1.54) is 12.8 Å². The van der Waals surface area contributed by atoms with E-state index in [0.29, 0.717) is 23.3 Å². The third-order valence-corrected chi connectivity index (χ3v) is 3.40. The lowest BCUT2D eigenvalue weighted by Crippen LogP contribution is -2.08. The average molecular weight is 256 g/mol. The molecule has 6 nitrogen and oxygen atoms in total. The molecule has 19 heavy (non-hydrogen) atoms. The van der Waals surface area contributed by atoms with E-state index in [1.807, 2.05) is 6.92 Å². The standard InChI is InChI=1S/C13H16N6/c1-8-15-7-6-10(16-8)12-17-11(18-13(14)19-12)9-4-2-3-5-9/h6-7,9H,2-5H2,1H3,(H2,14,17,18,19). The molecule has 2 heterocycles. The van der Waals surface area contributed by atoms with Crippen LogP contribution in [-0.2, 0) is 0 Å². The number of rotatable bonds is 2. The van der Waals surface area contributed by atoms with Crippen molar-refractivity contribution in [2.24, 2.45) is 0 Å². The molecule has 0 unspecified atom stereocenters. The summed E-state index contributed by atoms with van der Waals surface area (Å²) in [7, 11) is 0. The van der Waals surface area contributed by atoms with Gasteiger partial charge in [0.2, 0.25) is 5.95 Å². The van der Waals surface area contributed by atoms with E-state index in [-0.39, 0.29) is 5.95 Å². The van der Waals surface area contributed by atoms with Gasteiger partial charge in [0.15, 0.2) is 5.82 Å². The molecule has 1 aliphatic rings. The molecule has 98 valence electrons. The molecule has 6 heteroatoms. The van der Waals surface area contributed by atoms with Gasteiger partial charge in [0.25, 0.3) is 0 Å². The number of hydrogen-bond acceptors (Lipinski definition) is 6. The van der Waals surface area contributed by atoms with Crippen molar-refractivity contribution < 1.29 is 0 Å². The van der Waals surface area contributed by atoms with E-state index in [4.69, 9.17) is 5.73 Å². The fourth-order valence-corrected chi connectivity index (χ4v) is 2.47. The first-order valence-electron chi connectivity index (χ1n) is 6.54. The first-order valence-corrected chi connectivity index (χ1v) is 6.54. The maximum absolute atomic E-state index is 5.80. The molecule has 0 saturated heterocycles. The molecule has 0 radical (unpaired) electrons. The van der Waals surface area contributed by atoms with Crippen molar-refractivity contribution in [2.75, 3.05) is 5.73 Å². The summed E-state index contributed by atoms with van der Waals surface area (Å²) in [4.78, 5) is 21.4. The fraction of sp³-hybridized carbons (Fsp3) is 0.462. The van der Waals surface area contributed by atoms with Crippen molar-refractivity contribution in [3.63, 3.8) is 0 Å². The van der Waals surface area contributed by atoms with E-state index in [1.54, 1.807) is 12.3 Å². The fourth-order valence-electron chi connectivity index (χ4n) is 2.47. The Balaban J connectivity index is 2.01. The predicted molar refractivity (Wildman–Crippen MR) is 71.2 cm³/mol. The maximum Gasteiger partial charge on any atom is 0.223 e. The molecule has 1 aliphatic carbocycles. The summed E-state index contributed by atoms with van der Waals surface area (Å²) in [6.45, 7) is 1.84. The summed E-state index contributed by atoms with van der Waals surface area (Å²) in [5.41, 5.74) is 6.49. The van der Waals surface area contributed by atoms with Crippen molar-refractivity contribution in [3.8, 4) is 11.5 Å². The minimum absolute atomic E-state index is 0.267. The zero-order valence-corrected chi connectivity index (χ0v) is 10.9. The van der Waals surface area contributed by atoms with Crippen LogP contribution < -0.4 is 5.73 Å². The van der Waals surface area contributed by atoms with Gasteiger partial charge in [-0.15, -0.1) is 0 Å². The molecule has 1 fully saturated rings.